The minimum Gasteiger partial charge on any atom is -0.308 e. The Morgan fingerprint density at radius 1 is 0.462 bits per heavy atom. The average molecular weight is 581 g/mol. The number of thiophene rings is 1. The molecule has 2 heterocycles. The van der Waals surface area contributed by atoms with Crippen LogP contribution in [0.1, 0.15) is 0 Å². The van der Waals surface area contributed by atoms with Crippen LogP contribution in [0.15, 0.2) is 138 Å². The van der Waals surface area contributed by atoms with Crippen LogP contribution in [-0.2, 0) is 0 Å². The van der Waals surface area contributed by atoms with E-state index in [1.165, 1.54) is 69.9 Å². The van der Waals surface area contributed by atoms with Crippen molar-refractivity contribution in [3.05, 3.63) is 138 Å². The van der Waals surface area contributed by atoms with E-state index in [0.29, 0.717) is 0 Å². The molecule has 39 heavy (non-hydrogen) atoms. The lowest BCUT2D eigenvalue weighted by molar-refractivity contribution is 1.20. The molecule has 0 unspecified atom stereocenters. The zero-order valence-electron chi connectivity index (χ0n) is 20.9. The summed E-state index contributed by atoms with van der Waals surface area (Å²) >= 11 is 5.50. The molecule has 8 aromatic rings. The second-order valence-corrected chi connectivity index (χ2v) is 11.9. The molecule has 1 nitrogen and oxygen atoms in total. The third kappa shape index (κ3) is 3.65. The maximum Gasteiger partial charge on any atom is 0.0640 e. The van der Waals surface area contributed by atoms with E-state index in [9.17, 15) is 0 Å². The first-order valence-electron chi connectivity index (χ1n) is 13.0. The van der Waals surface area contributed by atoms with Crippen LogP contribution in [0.5, 0.6) is 0 Å². The highest BCUT2D eigenvalue weighted by molar-refractivity contribution is 9.10. The SMILES string of the molecule is Brc1cccc(-c2cccc(-c3ccc4c(c3)c3ccccc3n4-c3cccc4c3sc3ccccc34)c2)c1. The number of rotatable bonds is 3. The Morgan fingerprint density at radius 3 is 1.95 bits per heavy atom. The fourth-order valence-electron chi connectivity index (χ4n) is 5.87. The molecule has 0 spiro atoms. The highest BCUT2D eigenvalue weighted by Gasteiger charge is 2.17. The second kappa shape index (κ2) is 8.94. The van der Waals surface area contributed by atoms with E-state index in [4.69, 9.17) is 0 Å². The highest BCUT2D eigenvalue weighted by Crippen LogP contribution is 2.41. The minimum absolute atomic E-state index is 1.09. The van der Waals surface area contributed by atoms with Gasteiger partial charge in [0, 0.05) is 30.7 Å². The van der Waals surface area contributed by atoms with Gasteiger partial charge in [0.25, 0.3) is 0 Å². The van der Waals surface area contributed by atoms with E-state index >= 15 is 0 Å². The third-order valence-electron chi connectivity index (χ3n) is 7.65. The average Bonchev–Trinajstić information content (AvgIpc) is 3.53. The Hall–Kier alpha value is -4.18. The van der Waals surface area contributed by atoms with E-state index in [-0.39, 0.29) is 0 Å². The van der Waals surface area contributed by atoms with Crippen LogP contribution in [0, 0.1) is 0 Å². The van der Waals surface area contributed by atoms with Crippen molar-refractivity contribution in [1.82, 2.24) is 4.57 Å². The number of aromatic nitrogens is 1. The maximum absolute atomic E-state index is 3.62. The largest absolute Gasteiger partial charge is 0.308 e. The molecule has 0 bridgehead atoms. The van der Waals surface area contributed by atoms with Crippen molar-refractivity contribution >= 4 is 69.2 Å². The molecule has 2 aromatic heterocycles. The molecular weight excluding hydrogens is 558 g/mol. The first-order chi connectivity index (χ1) is 19.2. The molecule has 0 N–H and O–H groups in total. The molecule has 0 aliphatic rings. The lowest BCUT2D eigenvalue weighted by Gasteiger charge is -2.10. The lowest BCUT2D eigenvalue weighted by Crippen LogP contribution is -1.93. The normalized spacial score (nSPS) is 11.7. The number of benzene rings is 6. The maximum atomic E-state index is 3.62. The molecular formula is C36H22BrNS. The number of para-hydroxylation sites is 1. The number of halogens is 1. The number of hydrogen-bond acceptors (Lipinski definition) is 1. The summed E-state index contributed by atoms with van der Waals surface area (Å²) in [7, 11) is 0. The summed E-state index contributed by atoms with van der Waals surface area (Å²) in [4.78, 5) is 0. The Morgan fingerprint density at radius 2 is 1.10 bits per heavy atom. The predicted octanol–water partition coefficient (Wildman–Crippen LogP) is 11.2. The molecule has 3 heteroatoms. The lowest BCUT2D eigenvalue weighted by atomic mass is 9.98. The summed E-state index contributed by atoms with van der Waals surface area (Å²) in [6.07, 6.45) is 0. The fourth-order valence-corrected chi connectivity index (χ4v) is 7.47. The van der Waals surface area contributed by atoms with E-state index in [2.05, 4.69) is 154 Å². The molecule has 8 rings (SSSR count). The van der Waals surface area contributed by atoms with Gasteiger partial charge in [-0.2, -0.15) is 0 Å². The topological polar surface area (TPSA) is 4.93 Å². The molecule has 0 saturated carbocycles. The number of fused-ring (bicyclic) bond motifs is 6. The zero-order valence-corrected chi connectivity index (χ0v) is 23.3. The Balaban J connectivity index is 1.35. The minimum atomic E-state index is 1.09. The molecule has 184 valence electrons. The molecule has 0 atom stereocenters. The van der Waals surface area contributed by atoms with E-state index in [1.807, 2.05) is 11.3 Å². The van der Waals surface area contributed by atoms with Crippen molar-refractivity contribution in [2.75, 3.05) is 0 Å². The summed E-state index contributed by atoms with van der Waals surface area (Å²) in [5.74, 6) is 0. The van der Waals surface area contributed by atoms with Gasteiger partial charge in [0.1, 0.15) is 0 Å². The standard InChI is InChI=1S/C36H22BrNS/c37-27-11-6-10-25(21-27)23-8-5-9-24(20-23)26-18-19-33-31(22-26)28-12-1-3-15-32(28)38(33)34-16-7-14-30-29-13-2-4-17-35(29)39-36(30)34/h1-22H. The third-order valence-corrected chi connectivity index (χ3v) is 9.35. The van der Waals surface area contributed by atoms with Gasteiger partial charge in [0.05, 0.1) is 21.4 Å². The summed E-state index contributed by atoms with van der Waals surface area (Å²) in [6, 6.07) is 48.5. The summed E-state index contributed by atoms with van der Waals surface area (Å²) in [5, 5.41) is 5.19. The first-order valence-corrected chi connectivity index (χ1v) is 14.7. The molecule has 0 radical (unpaired) electrons. The quantitative estimate of drug-likeness (QED) is 0.196. The van der Waals surface area contributed by atoms with Crippen molar-refractivity contribution in [1.29, 1.82) is 0 Å². The second-order valence-electron chi connectivity index (χ2n) is 9.93. The summed E-state index contributed by atoms with van der Waals surface area (Å²) in [5.41, 5.74) is 8.57. The van der Waals surface area contributed by atoms with Gasteiger partial charge in [-0.25, -0.2) is 0 Å². The van der Waals surface area contributed by atoms with Crippen LogP contribution < -0.4 is 0 Å². The van der Waals surface area contributed by atoms with E-state index in [1.54, 1.807) is 0 Å². The van der Waals surface area contributed by atoms with Crippen molar-refractivity contribution in [2.45, 2.75) is 0 Å². The monoisotopic (exact) mass is 579 g/mol. The number of nitrogens with zero attached hydrogens (tertiary/aromatic N) is 1. The van der Waals surface area contributed by atoms with Crippen molar-refractivity contribution in [3.8, 4) is 27.9 Å². The van der Waals surface area contributed by atoms with Gasteiger partial charge < -0.3 is 4.57 Å². The predicted molar refractivity (Wildman–Crippen MR) is 172 cm³/mol. The molecule has 0 aliphatic carbocycles. The van der Waals surface area contributed by atoms with Gasteiger partial charge in [0.15, 0.2) is 0 Å². The Bertz CT molecular complexity index is 2200. The van der Waals surface area contributed by atoms with Gasteiger partial charge in [-0.3, -0.25) is 0 Å². The molecule has 0 saturated heterocycles. The van der Waals surface area contributed by atoms with Crippen molar-refractivity contribution < 1.29 is 0 Å². The van der Waals surface area contributed by atoms with Crippen molar-refractivity contribution in [3.63, 3.8) is 0 Å². The van der Waals surface area contributed by atoms with Crippen LogP contribution in [0.4, 0.5) is 0 Å². The van der Waals surface area contributed by atoms with Gasteiger partial charge >= 0.3 is 0 Å². The van der Waals surface area contributed by atoms with Gasteiger partial charge in [-0.15, -0.1) is 11.3 Å². The van der Waals surface area contributed by atoms with Crippen LogP contribution in [-0.4, -0.2) is 4.57 Å². The van der Waals surface area contributed by atoms with E-state index in [0.717, 1.165) is 4.47 Å². The molecule has 0 amide bonds. The smallest absolute Gasteiger partial charge is 0.0640 e. The van der Waals surface area contributed by atoms with Crippen LogP contribution in [0.25, 0.3) is 69.9 Å². The van der Waals surface area contributed by atoms with Crippen LogP contribution in [0.2, 0.25) is 0 Å². The van der Waals surface area contributed by atoms with Gasteiger partial charge in [0.2, 0.25) is 0 Å². The van der Waals surface area contributed by atoms with Crippen molar-refractivity contribution in [2.24, 2.45) is 0 Å². The van der Waals surface area contributed by atoms with E-state index < -0.39 is 0 Å². The summed E-state index contributed by atoms with van der Waals surface area (Å²) in [6.45, 7) is 0. The molecule has 6 aromatic carbocycles. The highest BCUT2D eigenvalue weighted by atomic mass is 79.9. The molecule has 0 aliphatic heterocycles. The number of hydrogen-bond donors (Lipinski definition) is 0. The zero-order chi connectivity index (χ0) is 25.9. The Labute approximate surface area is 238 Å². The Kier molecular flexibility index (Phi) is 5.22. The molecule has 0 fully saturated rings. The van der Waals surface area contributed by atoms with Crippen LogP contribution in [0.3, 0.4) is 0 Å². The van der Waals surface area contributed by atoms with Gasteiger partial charge in [-0.1, -0.05) is 101 Å². The summed E-state index contributed by atoms with van der Waals surface area (Å²) < 4.78 is 6.19. The van der Waals surface area contributed by atoms with Gasteiger partial charge in [-0.05, 0) is 70.8 Å². The van der Waals surface area contributed by atoms with Crippen LogP contribution >= 0.6 is 27.3 Å². The first kappa shape index (κ1) is 22.8. The fraction of sp³-hybridized carbons (Fsp3) is 0.